The number of thioether (sulfide) groups is 1. The predicted molar refractivity (Wildman–Crippen MR) is 68.5 cm³/mol. The average Bonchev–Trinajstić information content (AvgIpc) is 2.82. The van der Waals surface area contributed by atoms with E-state index >= 15 is 0 Å². The van der Waals surface area contributed by atoms with Crippen molar-refractivity contribution in [1.29, 1.82) is 0 Å². The van der Waals surface area contributed by atoms with Gasteiger partial charge >= 0.3 is 5.97 Å². The molecule has 0 spiro atoms. The third-order valence-corrected chi connectivity index (χ3v) is 3.26. The van der Waals surface area contributed by atoms with Gasteiger partial charge in [-0.05, 0) is 24.6 Å². The molecule has 2 aromatic rings. The Kier molecular flexibility index (Phi) is 3.99. The van der Waals surface area contributed by atoms with Crippen LogP contribution in [0.5, 0.6) is 0 Å². The van der Waals surface area contributed by atoms with Gasteiger partial charge in [-0.15, -0.1) is 10.2 Å². The van der Waals surface area contributed by atoms with Gasteiger partial charge in [-0.1, -0.05) is 23.9 Å². The lowest BCUT2D eigenvalue weighted by atomic mass is 10.1. The number of nitrogens with one attached hydrogen (secondary N) is 1. The zero-order chi connectivity index (χ0) is 13.0. The second-order valence-electron chi connectivity index (χ2n) is 3.69. The molecule has 0 fully saturated rings. The van der Waals surface area contributed by atoms with E-state index in [2.05, 4.69) is 19.9 Å². The average molecular weight is 263 g/mol. The van der Waals surface area contributed by atoms with Crippen LogP contribution in [0.1, 0.15) is 21.7 Å². The minimum atomic E-state index is -0.319. The molecule has 0 saturated heterocycles. The molecule has 0 aliphatic rings. The summed E-state index contributed by atoms with van der Waals surface area (Å²) in [6.07, 6.45) is 0. The first-order valence-corrected chi connectivity index (χ1v) is 6.37. The van der Waals surface area contributed by atoms with Crippen LogP contribution in [0.3, 0.4) is 0 Å². The third kappa shape index (κ3) is 3.10. The lowest BCUT2D eigenvalue weighted by Gasteiger charge is -2.01. The van der Waals surface area contributed by atoms with Crippen LogP contribution in [-0.2, 0) is 10.5 Å². The van der Waals surface area contributed by atoms with Gasteiger partial charge in [-0.25, -0.2) is 4.79 Å². The fraction of sp³-hybridized carbons (Fsp3) is 0.250. The molecule has 2 rings (SSSR count). The SMILES string of the molecule is COC(=O)c1ccc(CSc2nnc(C)[nH]2)cc1. The van der Waals surface area contributed by atoms with Crippen molar-refractivity contribution in [2.24, 2.45) is 0 Å². The van der Waals surface area contributed by atoms with E-state index in [0.29, 0.717) is 5.56 Å². The molecule has 0 amide bonds. The van der Waals surface area contributed by atoms with Crippen molar-refractivity contribution in [3.8, 4) is 0 Å². The number of rotatable bonds is 4. The number of nitrogens with zero attached hydrogens (tertiary/aromatic N) is 2. The van der Waals surface area contributed by atoms with E-state index in [4.69, 9.17) is 0 Å². The lowest BCUT2D eigenvalue weighted by molar-refractivity contribution is 0.0600. The van der Waals surface area contributed by atoms with Gasteiger partial charge in [0, 0.05) is 5.75 Å². The summed E-state index contributed by atoms with van der Waals surface area (Å²) in [6, 6.07) is 7.33. The molecule has 0 unspecified atom stereocenters. The molecule has 0 radical (unpaired) electrons. The monoisotopic (exact) mass is 263 g/mol. The van der Waals surface area contributed by atoms with Crippen LogP contribution < -0.4 is 0 Å². The van der Waals surface area contributed by atoms with Crippen molar-refractivity contribution < 1.29 is 9.53 Å². The fourth-order valence-electron chi connectivity index (χ4n) is 1.40. The molecular weight excluding hydrogens is 250 g/mol. The number of aryl methyl sites for hydroxylation is 1. The van der Waals surface area contributed by atoms with E-state index in [1.165, 1.54) is 7.11 Å². The molecule has 1 N–H and O–H groups in total. The zero-order valence-corrected chi connectivity index (χ0v) is 11.0. The van der Waals surface area contributed by atoms with Crippen molar-refractivity contribution in [1.82, 2.24) is 15.2 Å². The lowest BCUT2D eigenvalue weighted by Crippen LogP contribution is -2.00. The predicted octanol–water partition coefficient (Wildman–Crippen LogP) is 2.19. The van der Waals surface area contributed by atoms with E-state index in [1.54, 1.807) is 23.9 Å². The van der Waals surface area contributed by atoms with E-state index < -0.39 is 0 Å². The summed E-state index contributed by atoms with van der Waals surface area (Å²) in [6.45, 7) is 1.86. The third-order valence-electron chi connectivity index (χ3n) is 2.33. The van der Waals surface area contributed by atoms with Crippen molar-refractivity contribution >= 4 is 17.7 Å². The highest BCUT2D eigenvalue weighted by Crippen LogP contribution is 2.19. The number of aromatic amines is 1. The molecule has 94 valence electrons. The van der Waals surface area contributed by atoms with Gasteiger partial charge < -0.3 is 9.72 Å². The van der Waals surface area contributed by atoms with Crippen LogP contribution in [0.25, 0.3) is 0 Å². The normalized spacial score (nSPS) is 10.3. The van der Waals surface area contributed by atoms with Crippen LogP contribution in [0.4, 0.5) is 0 Å². The molecule has 1 aromatic carbocycles. The smallest absolute Gasteiger partial charge is 0.337 e. The largest absolute Gasteiger partial charge is 0.465 e. The molecule has 0 aliphatic heterocycles. The van der Waals surface area contributed by atoms with Gasteiger partial charge in [-0.2, -0.15) is 0 Å². The van der Waals surface area contributed by atoms with E-state index in [0.717, 1.165) is 22.3 Å². The van der Waals surface area contributed by atoms with Crippen molar-refractivity contribution in [3.63, 3.8) is 0 Å². The highest BCUT2D eigenvalue weighted by atomic mass is 32.2. The topological polar surface area (TPSA) is 67.9 Å². The Bertz CT molecular complexity index is 537. The van der Waals surface area contributed by atoms with E-state index in [9.17, 15) is 4.79 Å². The van der Waals surface area contributed by atoms with Gasteiger partial charge in [0.25, 0.3) is 0 Å². The van der Waals surface area contributed by atoms with Crippen LogP contribution in [0.2, 0.25) is 0 Å². The maximum absolute atomic E-state index is 11.3. The van der Waals surface area contributed by atoms with E-state index in [1.807, 2.05) is 19.1 Å². The number of carbonyl (C=O) groups is 1. The van der Waals surface area contributed by atoms with Gasteiger partial charge in [0.2, 0.25) is 0 Å². The maximum atomic E-state index is 11.3. The van der Waals surface area contributed by atoms with Gasteiger partial charge in [0.1, 0.15) is 5.82 Å². The van der Waals surface area contributed by atoms with Gasteiger partial charge in [-0.3, -0.25) is 0 Å². The molecule has 18 heavy (non-hydrogen) atoms. The Morgan fingerprint density at radius 3 is 2.61 bits per heavy atom. The molecule has 5 nitrogen and oxygen atoms in total. The number of esters is 1. The van der Waals surface area contributed by atoms with Crippen LogP contribution >= 0.6 is 11.8 Å². The number of hydrogen-bond donors (Lipinski definition) is 1. The van der Waals surface area contributed by atoms with Crippen molar-refractivity contribution in [2.75, 3.05) is 7.11 Å². The highest BCUT2D eigenvalue weighted by molar-refractivity contribution is 7.98. The quantitative estimate of drug-likeness (QED) is 0.676. The standard InChI is InChI=1S/C12H13N3O2S/c1-8-13-12(15-14-8)18-7-9-3-5-10(6-4-9)11(16)17-2/h3-6H,7H2,1-2H3,(H,13,14,15). The molecule has 0 saturated carbocycles. The van der Waals surface area contributed by atoms with E-state index in [-0.39, 0.29) is 5.97 Å². The minimum Gasteiger partial charge on any atom is -0.465 e. The summed E-state index contributed by atoms with van der Waals surface area (Å²) in [4.78, 5) is 14.3. The number of H-pyrrole nitrogens is 1. The number of carbonyl (C=O) groups excluding carboxylic acids is 1. The van der Waals surface area contributed by atoms with Crippen molar-refractivity contribution in [2.45, 2.75) is 17.8 Å². The Hall–Kier alpha value is -1.82. The van der Waals surface area contributed by atoms with Crippen LogP contribution in [0.15, 0.2) is 29.4 Å². The Morgan fingerprint density at radius 2 is 2.06 bits per heavy atom. The molecule has 6 heteroatoms. The summed E-state index contributed by atoms with van der Waals surface area (Å²) < 4.78 is 4.64. The molecule has 1 heterocycles. The zero-order valence-electron chi connectivity index (χ0n) is 10.1. The first kappa shape index (κ1) is 12.6. The minimum absolute atomic E-state index is 0.319. The van der Waals surface area contributed by atoms with Crippen LogP contribution in [-0.4, -0.2) is 28.3 Å². The Balaban J connectivity index is 1.96. The molecule has 0 bridgehead atoms. The molecule has 1 aromatic heterocycles. The Labute approximate surface area is 109 Å². The first-order valence-electron chi connectivity index (χ1n) is 5.38. The number of hydrogen-bond acceptors (Lipinski definition) is 5. The Morgan fingerprint density at radius 1 is 1.33 bits per heavy atom. The van der Waals surface area contributed by atoms with Crippen molar-refractivity contribution in [3.05, 3.63) is 41.2 Å². The van der Waals surface area contributed by atoms with Gasteiger partial charge in [0.05, 0.1) is 12.7 Å². The number of benzene rings is 1. The fourth-order valence-corrected chi connectivity index (χ4v) is 2.21. The summed E-state index contributed by atoms with van der Waals surface area (Å²) in [5, 5.41) is 8.66. The number of methoxy groups -OCH3 is 1. The summed E-state index contributed by atoms with van der Waals surface area (Å²) in [5.74, 6) is 1.26. The maximum Gasteiger partial charge on any atom is 0.337 e. The summed E-state index contributed by atoms with van der Waals surface area (Å²) in [5.41, 5.74) is 1.67. The highest BCUT2D eigenvalue weighted by Gasteiger charge is 2.05. The van der Waals surface area contributed by atoms with Gasteiger partial charge in [0.15, 0.2) is 5.16 Å². The number of aromatic nitrogens is 3. The molecule has 0 atom stereocenters. The summed E-state index contributed by atoms with van der Waals surface area (Å²) in [7, 11) is 1.37. The number of ether oxygens (including phenoxy) is 1. The molecule has 0 aliphatic carbocycles. The van der Waals surface area contributed by atoms with Crippen LogP contribution in [0, 0.1) is 6.92 Å². The summed E-state index contributed by atoms with van der Waals surface area (Å²) >= 11 is 1.57. The second kappa shape index (κ2) is 5.68. The first-order chi connectivity index (χ1) is 8.69. The second-order valence-corrected chi connectivity index (χ2v) is 4.66. The molecular formula is C12H13N3O2S.